The van der Waals surface area contributed by atoms with Gasteiger partial charge in [-0.05, 0) is 109 Å². The van der Waals surface area contributed by atoms with E-state index in [1.54, 1.807) is 0 Å². The van der Waals surface area contributed by atoms with Gasteiger partial charge in [0.2, 0.25) is 0 Å². The molecule has 2 unspecified atom stereocenters. The maximum absolute atomic E-state index is 13.0. The lowest BCUT2D eigenvalue weighted by molar-refractivity contribution is -0.870. The van der Waals surface area contributed by atoms with Gasteiger partial charge in [0.25, 0.3) is 6.29 Å². The molecule has 0 saturated carbocycles. The van der Waals surface area contributed by atoms with Gasteiger partial charge in [-0.2, -0.15) is 0 Å². The van der Waals surface area contributed by atoms with Crippen LogP contribution in [0.3, 0.4) is 0 Å². The number of carboxylic acids is 1. The lowest BCUT2D eigenvalue weighted by Gasteiger charge is -2.25. The first-order chi connectivity index (χ1) is 46.6. The molecule has 9 nitrogen and oxygen atoms in total. The third kappa shape index (κ3) is 76.9. The maximum Gasteiger partial charge on any atom is 0.361 e. The number of likely N-dealkylation sites (N-methyl/N-ethyl adjacent to an activating group) is 1. The van der Waals surface area contributed by atoms with E-state index in [-0.39, 0.29) is 32.2 Å². The van der Waals surface area contributed by atoms with E-state index in [2.05, 4.69) is 135 Å². The SMILES string of the molecule is CC/C=C\C/C=C\C/C=C\C/C=C\C/C=C\C/C=C\C/C=C\C/C=C\C/C=C\CCCCCCCCCCCCCCCC(=O)OC(COC(=O)CCCCCCCCCCCCCCCCCCC/C=C\CCCCCCCCCC)COC(OCC[N+](C)(C)C)C(=O)O. The zero-order valence-corrected chi connectivity index (χ0v) is 62.6. The summed E-state index contributed by atoms with van der Waals surface area (Å²) in [6, 6.07) is 0. The molecule has 0 aliphatic heterocycles. The smallest absolute Gasteiger partial charge is 0.361 e. The molecule has 0 spiro atoms. The molecule has 0 heterocycles. The average molecular weight is 1330 g/mol. The van der Waals surface area contributed by atoms with E-state index in [1.807, 2.05) is 21.1 Å². The number of hydrogen-bond acceptors (Lipinski definition) is 7. The van der Waals surface area contributed by atoms with Crippen molar-refractivity contribution in [2.45, 2.75) is 360 Å². The molecule has 0 rings (SSSR count). The lowest BCUT2D eigenvalue weighted by atomic mass is 10.0. The Hall–Kier alpha value is -4.31. The number of aliphatic carboxylic acids is 1. The maximum atomic E-state index is 13.0. The van der Waals surface area contributed by atoms with E-state index in [9.17, 15) is 19.5 Å². The molecule has 0 aliphatic rings. The first kappa shape index (κ1) is 90.7. The molecule has 0 aliphatic carbocycles. The van der Waals surface area contributed by atoms with E-state index >= 15 is 0 Å². The van der Waals surface area contributed by atoms with Gasteiger partial charge in [-0.25, -0.2) is 4.79 Å². The number of ether oxygens (including phenoxy) is 4. The van der Waals surface area contributed by atoms with Crippen LogP contribution in [0.5, 0.6) is 0 Å². The monoisotopic (exact) mass is 1330 g/mol. The van der Waals surface area contributed by atoms with Gasteiger partial charge in [-0.3, -0.25) is 9.59 Å². The van der Waals surface area contributed by atoms with Crippen molar-refractivity contribution >= 4 is 17.9 Å². The number of carbonyl (C=O) groups excluding carboxylic acids is 2. The number of rotatable bonds is 73. The fraction of sp³-hybridized carbons (Fsp3) is 0.733. The van der Waals surface area contributed by atoms with Gasteiger partial charge >= 0.3 is 17.9 Å². The third-order valence-corrected chi connectivity index (χ3v) is 17.2. The minimum absolute atomic E-state index is 0.184. The Labute approximate surface area is 587 Å². The Morgan fingerprint density at radius 2 is 0.600 bits per heavy atom. The van der Waals surface area contributed by atoms with Crippen LogP contribution < -0.4 is 0 Å². The summed E-state index contributed by atoms with van der Waals surface area (Å²) in [7, 11) is 5.99. The van der Waals surface area contributed by atoms with Gasteiger partial charge in [0.15, 0.2) is 6.10 Å². The molecule has 95 heavy (non-hydrogen) atoms. The number of quaternary nitrogens is 1. The number of unbranched alkanes of at least 4 members (excludes halogenated alkanes) is 38. The highest BCUT2D eigenvalue weighted by Gasteiger charge is 2.25. The minimum atomic E-state index is -1.52. The Bertz CT molecular complexity index is 1980. The van der Waals surface area contributed by atoms with Crippen LogP contribution in [0.2, 0.25) is 0 Å². The van der Waals surface area contributed by atoms with E-state index in [0.29, 0.717) is 23.9 Å². The largest absolute Gasteiger partial charge is 0.477 e. The highest BCUT2D eigenvalue weighted by molar-refractivity contribution is 5.71. The molecule has 0 radical (unpaired) electrons. The Morgan fingerprint density at radius 1 is 0.326 bits per heavy atom. The van der Waals surface area contributed by atoms with Gasteiger partial charge in [-0.15, -0.1) is 0 Å². The summed E-state index contributed by atoms with van der Waals surface area (Å²) >= 11 is 0. The second kappa shape index (κ2) is 75.5. The summed E-state index contributed by atoms with van der Waals surface area (Å²) in [5.74, 6) is -1.99. The number of nitrogens with zero attached hydrogens (tertiary/aromatic N) is 1. The number of esters is 2. The van der Waals surface area contributed by atoms with Crippen molar-refractivity contribution < 1.29 is 42.9 Å². The summed E-state index contributed by atoms with van der Waals surface area (Å²) in [5.41, 5.74) is 0. The molecular formula is C86H150NO8+. The van der Waals surface area contributed by atoms with E-state index in [4.69, 9.17) is 18.9 Å². The van der Waals surface area contributed by atoms with E-state index in [1.165, 1.54) is 218 Å². The molecule has 0 amide bonds. The van der Waals surface area contributed by atoms with Crippen molar-refractivity contribution in [2.75, 3.05) is 47.5 Å². The van der Waals surface area contributed by atoms with Crippen LogP contribution in [-0.4, -0.2) is 87.4 Å². The van der Waals surface area contributed by atoms with Crippen molar-refractivity contribution in [2.24, 2.45) is 0 Å². The van der Waals surface area contributed by atoms with Gasteiger partial charge in [0.05, 0.1) is 34.4 Å². The molecule has 0 aromatic heterocycles. The lowest BCUT2D eigenvalue weighted by Crippen LogP contribution is -2.40. The van der Waals surface area contributed by atoms with Crippen molar-refractivity contribution in [3.63, 3.8) is 0 Å². The molecule has 0 saturated heterocycles. The van der Waals surface area contributed by atoms with Crippen LogP contribution >= 0.6 is 0 Å². The van der Waals surface area contributed by atoms with Crippen LogP contribution in [0.4, 0.5) is 0 Å². The molecule has 2 atom stereocenters. The Balaban J connectivity index is 4.06. The first-order valence-corrected chi connectivity index (χ1v) is 39.7. The van der Waals surface area contributed by atoms with Crippen molar-refractivity contribution in [3.8, 4) is 0 Å². The second-order valence-corrected chi connectivity index (χ2v) is 27.6. The standard InChI is InChI=1S/C86H149NO8/c1-6-8-10-12-14-16-18-20-22-24-26-28-30-32-34-36-37-38-39-40-41-42-43-44-45-46-47-49-51-53-55-57-59-61-63-65-67-69-71-73-75-77-84(89)95-82(81-94-86(85(90)91)92-79-78-87(3,4)5)80-93-83(88)76-74-72-70-68-66-64-62-60-58-56-54-52-50-48-35-33-31-29-27-25-23-21-19-17-15-13-11-9-7-2/h8,10,14,16,20,22,25-28,32,34,37-38,40-41,43-44,46-47,82,86H,6-7,9,11-13,15,17-19,21,23-24,29-31,33,35-36,39,42,45,48-81H2,1-5H3/p+1/b10-8-,16-14-,22-20-,27-25-,28-26-,34-32-,38-37-,41-40-,44-43-,47-46-. The van der Waals surface area contributed by atoms with Crippen LogP contribution in [0, 0.1) is 0 Å². The molecule has 546 valence electrons. The predicted molar refractivity (Wildman–Crippen MR) is 410 cm³/mol. The van der Waals surface area contributed by atoms with E-state index in [0.717, 1.165) is 96.3 Å². The minimum Gasteiger partial charge on any atom is -0.477 e. The molecule has 0 fully saturated rings. The summed E-state index contributed by atoms with van der Waals surface area (Å²) < 4.78 is 23.0. The summed E-state index contributed by atoms with van der Waals surface area (Å²) in [6.07, 6.45) is 105. The molecule has 0 aromatic rings. The van der Waals surface area contributed by atoms with Crippen LogP contribution in [0.15, 0.2) is 122 Å². The molecule has 9 heteroatoms. The Morgan fingerprint density at radius 3 is 0.905 bits per heavy atom. The molecule has 0 aromatic carbocycles. The first-order valence-electron chi connectivity index (χ1n) is 39.7. The van der Waals surface area contributed by atoms with Crippen LogP contribution in [0.25, 0.3) is 0 Å². The number of hydrogen-bond donors (Lipinski definition) is 1. The zero-order chi connectivity index (χ0) is 69.0. The normalized spacial score (nSPS) is 13.3. The number of carboxylic acid groups (broad SMARTS) is 1. The van der Waals surface area contributed by atoms with Crippen LogP contribution in [0.1, 0.15) is 348 Å². The molecule has 0 bridgehead atoms. The fourth-order valence-corrected chi connectivity index (χ4v) is 11.2. The fourth-order valence-electron chi connectivity index (χ4n) is 11.2. The highest BCUT2D eigenvalue weighted by Crippen LogP contribution is 2.18. The average Bonchev–Trinajstić information content (AvgIpc) is 3.54. The predicted octanol–water partition coefficient (Wildman–Crippen LogP) is 25.5. The summed E-state index contributed by atoms with van der Waals surface area (Å²) in [5, 5.41) is 9.77. The van der Waals surface area contributed by atoms with Gasteiger partial charge in [-0.1, -0.05) is 347 Å². The number of allylic oxidation sites excluding steroid dienone is 20. The topological polar surface area (TPSA) is 108 Å². The van der Waals surface area contributed by atoms with Gasteiger partial charge in [0, 0.05) is 12.8 Å². The zero-order valence-electron chi connectivity index (χ0n) is 62.6. The quantitative estimate of drug-likeness (QED) is 0.0211. The van der Waals surface area contributed by atoms with Gasteiger partial charge < -0.3 is 28.5 Å². The van der Waals surface area contributed by atoms with Gasteiger partial charge in [0.1, 0.15) is 13.2 Å². The van der Waals surface area contributed by atoms with E-state index < -0.39 is 24.3 Å². The molecule has 1 N–H and O–H groups in total. The number of carbonyl (C=O) groups is 3. The third-order valence-electron chi connectivity index (χ3n) is 17.2. The van der Waals surface area contributed by atoms with Crippen LogP contribution in [-0.2, 0) is 33.3 Å². The Kier molecular flexibility index (Phi) is 72.0. The summed E-state index contributed by atoms with van der Waals surface area (Å²) in [4.78, 5) is 37.7. The highest BCUT2D eigenvalue weighted by atomic mass is 16.7. The van der Waals surface area contributed by atoms with Crippen molar-refractivity contribution in [3.05, 3.63) is 122 Å². The second-order valence-electron chi connectivity index (χ2n) is 27.6. The molecular weight excluding hydrogens is 1170 g/mol. The van der Waals surface area contributed by atoms with Crippen molar-refractivity contribution in [1.82, 2.24) is 0 Å². The summed E-state index contributed by atoms with van der Waals surface area (Å²) in [6.45, 7) is 4.80. The van der Waals surface area contributed by atoms with Crippen molar-refractivity contribution in [1.29, 1.82) is 0 Å².